The summed E-state index contributed by atoms with van der Waals surface area (Å²) in [6.07, 6.45) is 1.18. The van der Waals surface area contributed by atoms with E-state index in [1.807, 2.05) is 0 Å². The van der Waals surface area contributed by atoms with E-state index in [1.54, 1.807) is 6.08 Å². The van der Waals surface area contributed by atoms with Crippen LogP contribution in [0.2, 0.25) is 0 Å². The summed E-state index contributed by atoms with van der Waals surface area (Å²) in [5.74, 6) is -0.00523. The van der Waals surface area contributed by atoms with Crippen molar-refractivity contribution in [2.45, 2.75) is 12.5 Å². The molecular formula is C7H10O3. The lowest BCUT2D eigenvalue weighted by Crippen LogP contribution is -2.03. The standard InChI is InChI=1S/C7H10O3/c1-10-4-5-2-6(8)3-7(5)9/h2,6,8H,3-4H2,1H3/t6-/m1/s1. The van der Waals surface area contributed by atoms with Crippen molar-refractivity contribution < 1.29 is 14.6 Å². The zero-order valence-electron chi connectivity index (χ0n) is 5.83. The molecule has 0 aliphatic heterocycles. The fourth-order valence-electron chi connectivity index (χ4n) is 0.989. The second-order valence-corrected chi connectivity index (χ2v) is 2.32. The molecule has 1 aliphatic rings. The van der Waals surface area contributed by atoms with Gasteiger partial charge in [-0.2, -0.15) is 0 Å². The van der Waals surface area contributed by atoms with E-state index in [2.05, 4.69) is 0 Å². The minimum atomic E-state index is -0.586. The number of aliphatic hydroxyl groups excluding tert-OH is 1. The molecule has 0 fully saturated rings. The maximum atomic E-state index is 10.9. The Bertz CT molecular complexity index is 172. The van der Waals surface area contributed by atoms with Crippen LogP contribution in [0.4, 0.5) is 0 Å². The summed E-state index contributed by atoms with van der Waals surface area (Å²) < 4.78 is 4.74. The van der Waals surface area contributed by atoms with Crippen LogP contribution in [-0.2, 0) is 9.53 Å². The minimum absolute atomic E-state index is 0.00523. The van der Waals surface area contributed by atoms with Crippen molar-refractivity contribution in [2.75, 3.05) is 13.7 Å². The lowest BCUT2D eigenvalue weighted by molar-refractivity contribution is -0.116. The molecule has 56 valence electrons. The number of methoxy groups -OCH3 is 1. The van der Waals surface area contributed by atoms with Gasteiger partial charge >= 0.3 is 0 Å². The van der Waals surface area contributed by atoms with Gasteiger partial charge in [-0.25, -0.2) is 0 Å². The molecule has 0 bridgehead atoms. The average Bonchev–Trinajstić information content (AvgIpc) is 2.13. The van der Waals surface area contributed by atoms with Crippen LogP contribution >= 0.6 is 0 Å². The van der Waals surface area contributed by atoms with Gasteiger partial charge in [-0.1, -0.05) is 0 Å². The second kappa shape index (κ2) is 2.94. The van der Waals surface area contributed by atoms with Gasteiger partial charge in [0.15, 0.2) is 5.78 Å². The van der Waals surface area contributed by atoms with Crippen LogP contribution in [0.1, 0.15) is 6.42 Å². The molecule has 1 N–H and O–H groups in total. The van der Waals surface area contributed by atoms with Crippen LogP contribution < -0.4 is 0 Å². The van der Waals surface area contributed by atoms with E-state index in [0.717, 1.165) is 0 Å². The normalized spacial score (nSPS) is 25.2. The third-order valence-electron chi connectivity index (χ3n) is 1.45. The molecule has 3 nitrogen and oxygen atoms in total. The molecule has 1 aliphatic carbocycles. The number of carbonyl (C=O) groups excluding carboxylic acids is 1. The van der Waals surface area contributed by atoms with Gasteiger partial charge in [-0.3, -0.25) is 4.79 Å². The van der Waals surface area contributed by atoms with Crippen molar-refractivity contribution in [2.24, 2.45) is 0 Å². The van der Waals surface area contributed by atoms with E-state index in [4.69, 9.17) is 9.84 Å². The minimum Gasteiger partial charge on any atom is -0.389 e. The summed E-state index contributed by atoms with van der Waals surface area (Å²) >= 11 is 0. The predicted molar refractivity (Wildman–Crippen MR) is 35.6 cm³/mol. The molecule has 0 amide bonds. The van der Waals surface area contributed by atoms with E-state index < -0.39 is 6.10 Å². The largest absolute Gasteiger partial charge is 0.389 e. The molecule has 1 atom stereocenters. The number of Topliss-reactive ketones (excluding diaryl/α,β-unsaturated/α-hetero) is 1. The quantitative estimate of drug-likeness (QED) is 0.585. The van der Waals surface area contributed by atoms with Gasteiger partial charge in [-0.05, 0) is 6.08 Å². The van der Waals surface area contributed by atoms with Crippen LogP contribution in [0.25, 0.3) is 0 Å². The molecule has 0 saturated carbocycles. The van der Waals surface area contributed by atoms with Gasteiger partial charge in [0.05, 0.1) is 12.7 Å². The third-order valence-corrected chi connectivity index (χ3v) is 1.45. The first-order chi connectivity index (χ1) is 4.74. The Morgan fingerprint density at radius 2 is 2.60 bits per heavy atom. The molecule has 0 heterocycles. The fraction of sp³-hybridized carbons (Fsp3) is 0.571. The number of ether oxygens (including phenoxy) is 1. The van der Waals surface area contributed by atoms with Gasteiger partial charge < -0.3 is 9.84 Å². The van der Waals surface area contributed by atoms with Crippen LogP contribution in [0, 0.1) is 0 Å². The molecular weight excluding hydrogens is 132 g/mol. The van der Waals surface area contributed by atoms with Crippen molar-refractivity contribution in [1.29, 1.82) is 0 Å². The van der Waals surface area contributed by atoms with Crippen molar-refractivity contribution >= 4 is 5.78 Å². The Balaban J connectivity index is 2.57. The van der Waals surface area contributed by atoms with E-state index in [9.17, 15) is 4.79 Å². The predicted octanol–water partition coefficient (Wildman–Crippen LogP) is -0.107. The number of hydrogen-bond donors (Lipinski definition) is 1. The van der Waals surface area contributed by atoms with Gasteiger partial charge in [0, 0.05) is 19.1 Å². The lowest BCUT2D eigenvalue weighted by Gasteiger charge is -1.94. The average molecular weight is 142 g/mol. The molecule has 10 heavy (non-hydrogen) atoms. The first-order valence-corrected chi connectivity index (χ1v) is 3.15. The SMILES string of the molecule is COCC1=C[C@@H](O)CC1=O. The second-order valence-electron chi connectivity index (χ2n) is 2.32. The number of rotatable bonds is 2. The molecule has 0 unspecified atom stereocenters. The number of ketones is 1. The van der Waals surface area contributed by atoms with E-state index in [-0.39, 0.29) is 12.2 Å². The first-order valence-electron chi connectivity index (χ1n) is 3.15. The van der Waals surface area contributed by atoms with Gasteiger partial charge in [-0.15, -0.1) is 0 Å². The molecule has 0 spiro atoms. The van der Waals surface area contributed by atoms with Crippen molar-refractivity contribution in [1.82, 2.24) is 0 Å². The summed E-state index contributed by atoms with van der Waals surface area (Å²) in [6.45, 7) is 0.315. The van der Waals surface area contributed by atoms with Gasteiger partial charge in [0.25, 0.3) is 0 Å². The Morgan fingerprint density at radius 3 is 3.00 bits per heavy atom. The summed E-state index contributed by atoms with van der Waals surface area (Å²) in [7, 11) is 1.53. The molecule has 0 aromatic carbocycles. The first kappa shape index (κ1) is 7.44. The summed E-state index contributed by atoms with van der Waals surface area (Å²) in [6, 6.07) is 0. The Kier molecular flexibility index (Phi) is 2.19. The van der Waals surface area contributed by atoms with Crippen LogP contribution in [0.15, 0.2) is 11.6 Å². The highest BCUT2D eigenvalue weighted by Gasteiger charge is 2.21. The van der Waals surface area contributed by atoms with E-state index in [1.165, 1.54) is 7.11 Å². The zero-order valence-corrected chi connectivity index (χ0v) is 5.83. The van der Waals surface area contributed by atoms with Crippen molar-refractivity contribution in [3.05, 3.63) is 11.6 Å². The monoisotopic (exact) mass is 142 g/mol. The summed E-state index contributed by atoms with van der Waals surface area (Å²) in [5, 5.41) is 8.94. The molecule has 0 aromatic rings. The third kappa shape index (κ3) is 1.43. The number of carbonyl (C=O) groups is 1. The van der Waals surface area contributed by atoms with Gasteiger partial charge in [0.1, 0.15) is 0 Å². The molecule has 0 saturated heterocycles. The smallest absolute Gasteiger partial charge is 0.163 e. The Labute approximate surface area is 59.3 Å². The maximum absolute atomic E-state index is 10.9. The summed E-state index contributed by atoms with van der Waals surface area (Å²) in [5.41, 5.74) is 0.593. The number of hydrogen-bond acceptors (Lipinski definition) is 3. The Hall–Kier alpha value is -0.670. The van der Waals surface area contributed by atoms with Gasteiger partial charge in [0.2, 0.25) is 0 Å². The van der Waals surface area contributed by atoms with Crippen molar-refractivity contribution in [3.8, 4) is 0 Å². The topological polar surface area (TPSA) is 46.5 Å². The fourth-order valence-corrected chi connectivity index (χ4v) is 0.989. The highest BCUT2D eigenvalue weighted by molar-refractivity contribution is 5.98. The van der Waals surface area contributed by atoms with Crippen LogP contribution in [0.3, 0.4) is 0 Å². The summed E-state index contributed by atoms with van der Waals surface area (Å²) in [4.78, 5) is 10.9. The lowest BCUT2D eigenvalue weighted by atomic mass is 10.2. The van der Waals surface area contributed by atoms with E-state index >= 15 is 0 Å². The highest BCUT2D eigenvalue weighted by Crippen LogP contribution is 2.14. The maximum Gasteiger partial charge on any atom is 0.163 e. The number of aliphatic hydroxyl groups is 1. The zero-order chi connectivity index (χ0) is 7.56. The highest BCUT2D eigenvalue weighted by atomic mass is 16.5. The Morgan fingerprint density at radius 1 is 1.90 bits per heavy atom. The molecule has 3 heteroatoms. The van der Waals surface area contributed by atoms with Crippen molar-refractivity contribution in [3.63, 3.8) is 0 Å². The van der Waals surface area contributed by atoms with E-state index in [0.29, 0.717) is 12.2 Å². The van der Waals surface area contributed by atoms with Crippen LogP contribution in [-0.4, -0.2) is 30.7 Å². The molecule has 1 rings (SSSR count). The molecule has 0 aromatic heterocycles. The van der Waals surface area contributed by atoms with Crippen LogP contribution in [0.5, 0.6) is 0 Å². The molecule has 0 radical (unpaired) electrons.